The number of hydrogen-bond acceptors (Lipinski definition) is 6. The molecule has 2 atom stereocenters. The zero-order valence-corrected chi connectivity index (χ0v) is 28.7. The van der Waals surface area contributed by atoms with Gasteiger partial charge in [-0.25, -0.2) is 0 Å². The monoisotopic (exact) mass is 633 g/mol. The maximum absolute atomic E-state index is 14.1. The first-order chi connectivity index (χ1) is 22.1. The van der Waals surface area contributed by atoms with E-state index in [-0.39, 0.29) is 23.8 Å². The lowest BCUT2D eigenvalue weighted by molar-refractivity contribution is -0.162. The molecule has 1 aliphatic carbocycles. The number of aromatic nitrogens is 2. The van der Waals surface area contributed by atoms with Gasteiger partial charge in [0.15, 0.2) is 0 Å². The maximum atomic E-state index is 14.1. The Morgan fingerprint density at radius 3 is 2.39 bits per heavy atom. The number of likely N-dealkylation sites (N-methyl/N-ethyl adjacent to an activating group) is 1. The van der Waals surface area contributed by atoms with E-state index in [2.05, 4.69) is 32.7 Å². The van der Waals surface area contributed by atoms with Crippen LogP contribution in [-0.2, 0) is 9.59 Å². The predicted octanol–water partition coefficient (Wildman–Crippen LogP) is 4.34. The first-order valence-electron chi connectivity index (χ1n) is 17.6. The number of nitrogens with one attached hydrogen (secondary N) is 3. The molecule has 2 aromatic rings. The van der Waals surface area contributed by atoms with Crippen molar-refractivity contribution >= 4 is 17.7 Å². The fraction of sp³-hybridized carbons (Fsp3) is 0.667. The van der Waals surface area contributed by atoms with Crippen molar-refractivity contribution < 1.29 is 14.4 Å². The molecule has 3 heterocycles. The first-order valence-corrected chi connectivity index (χ1v) is 17.6. The van der Waals surface area contributed by atoms with Gasteiger partial charge in [0.2, 0.25) is 11.8 Å². The molecule has 0 bridgehead atoms. The van der Waals surface area contributed by atoms with Crippen molar-refractivity contribution in [2.24, 2.45) is 5.92 Å². The maximum Gasteiger partial charge on any atom is 0.251 e. The number of unbranched alkanes of at least 4 members (excludes halogenated alkanes) is 1. The summed E-state index contributed by atoms with van der Waals surface area (Å²) in [6, 6.07) is 7.39. The molecular weight excluding hydrogens is 578 g/mol. The van der Waals surface area contributed by atoms with Crippen LogP contribution in [0.4, 0.5) is 0 Å². The summed E-state index contributed by atoms with van der Waals surface area (Å²) in [5.41, 5.74) is 3.96. The number of benzene rings is 1. The predicted molar refractivity (Wildman–Crippen MR) is 181 cm³/mol. The van der Waals surface area contributed by atoms with Crippen molar-refractivity contribution in [3.05, 3.63) is 52.3 Å². The van der Waals surface area contributed by atoms with Gasteiger partial charge in [0.25, 0.3) is 5.91 Å². The SMILES string of the molecule is CCCCN1C(=O)[C@H](CC2CCCCC2)NC(=O)C12CCN(C(c1ccc(C(=O)NCCN(C)C)cc1)c1c(C)n[nH]c1C)CC2. The van der Waals surface area contributed by atoms with Gasteiger partial charge < -0.3 is 20.4 Å². The van der Waals surface area contributed by atoms with Crippen LogP contribution in [0.5, 0.6) is 0 Å². The van der Waals surface area contributed by atoms with Crippen molar-refractivity contribution in [3.8, 4) is 0 Å². The summed E-state index contributed by atoms with van der Waals surface area (Å²) < 4.78 is 0. The van der Waals surface area contributed by atoms with Gasteiger partial charge in [0, 0.05) is 49.5 Å². The van der Waals surface area contributed by atoms with Gasteiger partial charge in [-0.15, -0.1) is 0 Å². The Kier molecular flexibility index (Phi) is 11.2. The lowest BCUT2D eigenvalue weighted by Gasteiger charge is -2.53. The second-order valence-electron chi connectivity index (χ2n) is 14.1. The number of amides is 3. The summed E-state index contributed by atoms with van der Waals surface area (Å²) >= 11 is 0. The summed E-state index contributed by atoms with van der Waals surface area (Å²) in [4.78, 5) is 47.4. The van der Waals surface area contributed by atoms with E-state index < -0.39 is 11.6 Å². The molecule has 3 fully saturated rings. The quantitative estimate of drug-likeness (QED) is 0.321. The van der Waals surface area contributed by atoms with Gasteiger partial charge in [-0.05, 0) is 77.2 Å². The van der Waals surface area contributed by atoms with Gasteiger partial charge in [-0.1, -0.05) is 57.6 Å². The number of hydrogen-bond donors (Lipinski definition) is 3. The summed E-state index contributed by atoms with van der Waals surface area (Å²) in [7, 11) is 3.97. The number of piperidine rings is 1. The molecule has 2 saturated heterocycles. The Labute approximate surface area is 275 Å². The van der Waals surface area contributed by atoms with Gasteiger partial charge in [0.05, 0.1) is 11.7 Å². The first kappa shape index (κ1) is 34.1. The number of aromatic amines is 1. The van der Waals surface area contributed by atoms with Crippen LogP contribution >= 0.6 is 0 Å². The molecule has 10 heteroatoms. The van der Waals surface area contributed by atoms with E-state index in [4.69, 9.17) is 0 Å². The van der Waals surface area contributed by atoms with Crippen LogP contribution in [0.1, 0.15) is 110 Å². The van der Waals surface area contributed by atoms with Gasteiger partial charge in [-0.2, -0.15) is 5.10 Å². The highest BCUT2D eigenvalue weighted by Crippen LogP contribution is 2.40. The third-order valence-electron chi connectivity index (χ3n) is 10.6. The Morgan fingerprint density at radius 2 is 1.78 bits per heavy atom. The lowest BCUT2D eigenvalue weighted by atomic mass is 9.78. The van der Waals surface area contributed by atoms with Crippen molar-refractivity contribution in [1.82, 2.24) is 35.5 Å². The van der Waals surface area contributed by atoms with Gasteiger partial charge >= 0.3 is 0 Å². The van der Waals surface area contributed by atoms with E-state index in [1.54, 1.807) is 0 Å². The third-order valence-corrected chi connectivity index (χ3v) is 10.6. The molecular formula is C36H55N7O3. The number of carbonyl (C=O) groups is 3. The number of rotatable bonds is 12. The normalized spacial score (nSPS) is 21.5. The minimum atomic E-state index is -0.814. The van der Waals surface area contributed by atoms with E-state index in [0.29, 0.717) is 50.5 Å². The van der Waals surface area contributed by atoms with E-state index in [9.17, 15) is 14.4 Å². The van der Waals surface area contributed by atoms with E-state index >= 15 is 0 Å². The number of likely N-dealkylation sites (tertiary alicyclic amines) is 1. The Hall–Kier alpha value is -3.24. The molecule has 3 amide bonds. The number of aryl methyl sites for hydroxylation is 2. The molecule has 3 aliphatic rings. The third kappa shape index (κ3) is 7.33. The molecule has 3 N–H and O–H groups in total. The van der Waals surface area contributed by atoms with Crippen LogP contribution in [0, 0.1) is 19.8 Å². The Bertz CT molecular complexity index is 1320. The molecule has 1 saturated carbocycles. The highest BCUT2D eigenvalue weighted by atomic mass is 16.2. The molecule has 1 aromatic carbocycles. The second-order valence-corrected chi connectivity index (χ2v) is 14.1. The number of piperazine rings is 1. The zero-order chi connectivity index (χ0) is 32.8. The van der Waals surface area contributed by atoms with Crippen LogP contribution in [0.25, 0.3) is 0 Å². The average molecular weight is 634 g/mol. The topological polar surface area (TPSA) is 114 Å². The standard InChI is InChI=1S/C36H55N7O3/c1-6-7-20-43-34(45)30(24-27-11-9-8-10-12-27)38-35(46)36(43)17-21-42(22-18-36)32(31-25(2)39-40-26(31)3)28-13-15-29(16-14-28)33(44)37-19-23-41(4)5/h13-16,27,30,32H,6-12,17-24H2,1-5H3,(H,37,44)(H,38,46)(H,39,40)/t30-,32?/m0/s1. The van der Waals surface area contributed by atoms with Crippen molar-refractivity contribution in [3.63, 3.8) is 0 Å². The molecule has 5 rings (SSSR count). The largest absolute Gasteiger partial charge is 0.351 e. The number of nitrogens with zero attached hydrogens (tertiary/aromatic N) is 4. The summed E-state index contributed by atoms with van der Waals surface area (Å²) in [5.74, 6) is 0.581. The van der Waals surface area contributed by atoms with Crippen molar-refractivity contribution in [2.75, 3.05) is 46.8 Å². The van der Waals surface area contributed by atoms with Crippen LogP contribution in [0.2, 0.25) is 0 Å². The molecule has 252 valence electrons. The minimum absolute atomic E-state index is 0.0283. The molecule has 10 nitrogen and oxygen atoms in total. The van der Waals surface area contributed by atoms with Gasteiger partial charge in [0.1, 0.15) is 11.6 Å². The highest BCUT2D eigenvalue weighted by Gasteiger charge is 2.54. The van der Waals surface area contributed by atoms with Crippen LogP contribution in [0.15, 0.2) is 24.3 Å². The summed E-state index contributed by atoms with van der Waals surface area (Å²) in [6.07, 6.45) is 9.85. The van der Waals surface area contributed by atoms with E-state index in [1.807, 2.05) is 62.0 Å². The van der Waals surface area contributed by atoms with E-state index in [1.165, 1.54) is 19.3 Å². The molecule has 1 aromatic heterocycles. The van der Waals surface area contributed by atoms with Gasteiger partial charge in [-0.3, -0.25) is 24.4 Å². The van der Waals surface area contributed by atoms with Crippen molar-refractivity contribution in [1.29, 1.82) is 0 Å². The molecule has 46 heavy (non-hydrogen) atoms. The Morgan fingerprint density at radius 1 is 1.09 bits per heavy atom. The Balaban J connectivity index is 1.35. The smallest absolute Gasteiger partial charge is 0.251 e. The number of carbonyl (C=O) groups excluding carboxylic acids is 3. The average Bonchev–Trinajstić information content (AvgIpc) is 3.38. The van der Waals surface area contributed by atoms with Crippen molar-refractivity contribution in [2.45, 2.75) is 103 Å². The lowest BCUT2D eigenvalue weighted by Crippen LogP contribution is -2.73. The molecule has 0 radical (unpaired) electrons. The van der Waals surface area contributed by atoms with Crippen LogP contribution in [0.3, 0.4) is 0 Å². The van der Waals surface area contributed by atoms with E-state index in [0.717, 1.165) is 61.2 Å². The fourth-order valence-corrected chi connectivity index (χ4v) is 7.92. The fourth-order valence-electron chi connectivity index (χ4n) is 7.92. The second kappa shape index (κ2) is 15.1. The highest BCUT2D eigenvalue weighted by molar-refractivity contribution is 6.00. The van der Waals surface area contributed by atoms with Crippen LogP contribution < -0.4 is 10.6 Å². The van der Waals surface area contributed by atoms with Crippen LogP contribution in [-0.4, -0.2) is 101 Å². The molecule has 1 unspecified atom stereocenters. The molecule has 2 aliphatic heterocycles. The summed E-state index contributed by atoms with van der Waals surface area (Å²) in [6.45, 7) is 9.54. The zero-order valence-electron chi connectivity index (χ0n) is 28.7. The summed E-state index contributed by atoms with van der Waals surface area (Å²) in [5, 5.41) is 13.9. The number of H-pyrrole nitrogens is 1. The molecule has 1 spiro atoms. The minimum Gasteiger partial charge on any atom is -0.351 e.